The van der Waals surface area contributed by atoms with E-state index in [2.05, 4.69) is 6.58 Å². The van der Waals surface area contributed by atoms with Crippen LogP contribution in [0.25, 0.3) is 0 Å². The van der Waals surface area contributed by atoms with Gasteiger partial charge in [-0.3, -0.25) is 0 Å². The molecule has 0 fully saturated rings. The van der Waals surface area contributed by atoms with Gasteiger partial charge in [-0.15, -0.1) is 6.58 Å². The van der Waals surface area contributed by atoms with Crippen molar-refractivity contribution in [2.75, 3.05) is 6.54 Å². The fourth-order valence-corrected chi connectivity index (χ4v) is 4.12. The molecule has 126 valence electrons. The van der Waals surface area contributed by atoms with E-state index < -0.39 is 16.1 Å². The summed E-state index contributed by atoms with van der Waals surface area (Å²) in [5.74, 6) is 0. The topological polar surface area (TPSA) is 54.5 Å². The van der Waals surface area contributed by atoms with E-state index in [-0.39, 0.29) is 11.4 Å². The normalized spacial score (nSPS) is 12.8. The van der Waals surface area contributed by atoms with Gasteiger partial charge in [0, 0.05) is 0 Å². The van der Waals surface area contributed by atoms with Gasteiger partial charge in [0.15, 0.2) is 0 Å². The molecule has 0 aliphatic carbocycles. The molecule has 2 aromatic carbocycles. The minimum atomic E-state index is -3.80. The van der Waals surface area contributed by atoms with Gasteiger partial charge in [0.2, 0.25) is 10.0 Å². The van der Waals surface area contributed by atoms with Gasteiger partial charge in [-0.25, -0.2) is 8.42 Å². The molecule has 0 aromatic heterocycles. The summed E-state index contributed by atoms with van der Waals surface area (Å²) in [6.45, 7) is 5.41. The molecule has 0 radical (unpaired) electrons. The summed E-state index contributed by atoms with van der Waals surface area (Å²) in [5.41, 5.74) is 1.80. The van der Waals surface area contributed by atoms with Gasteiger partial charge < -0.3 is 4.79 Å². The highest BCUT2D eigenvalue weighted by Crippen LogP contribution is 2.30. The zero-order valence-corrected chi connectivity index (χ0v) is 14.4. The Bertz CT molecular complexity index is 783. The van der Waals surface area contributed by atoms with Crippen LogP contribution in [0.3, 0.4) is 0 Å². The quantitative estimate of drug-likeness (QED) is 0.544. The molecule has 1 atom stereocenters. The zero-order valence-electron chi connectivity index (χ0n) is 13.6. The van der Waals surface area contributed by atoms with Crippen LogP contribution in [-0.2, 0) is 14.8 Å². The second kappa shape index (κ2) is 8.04. The molecule has 1 unspecified atom stereocenters. The molecule has 0 saturated heterocycles. The predicted octanol–water partition coefficient (Wildman–Crippen LogP) is 3.50. The Kier molecular flexibility index (Phi) is 6.06. The number of aldehydes is 1. The predicted molar refractivity (Wildman–Crippen MR) is 95.1 cm³/mol. The lowest BCUT2D eigenvalue weighted by Gasteiger charge is -2.29. The van der Waals surface area contributed by atoms with Crippen LogP contribution in [0, 0.1) is 6.92 Å². The molecular formula is C19H21NO3S. The van der Waals surface area contributed by atoms with Crippen molar-refractivity contribution in [2.45, 2.75) is 24.3 Å². The lowest BCUT2D eigenvalue weighted by Crippen LogP contribution is -2.36. The Morgan fingerprint density at radius 3 is 2.25 bits per heavy atom. The van der Waals surface area contributed by atoms with Crippen LogP contribution in [0.2, 0.25) is 0 Å². The van der Waals surface area contributed by atoms with Crippen molar-refractivity contribution in [2.24, 2.45) is 0 Å². The lowest BCUT2D eigenvalue weighted by atomic mass is 10.0. The van der Waals surface area contributed by atoms with Crippen molar-refractivity contribution < 1.29 is 13.2 Å². The van der Waals surface area contributed by atoms with Gasteiger partial charge in [-0.2, -0.15) is 4.31 Å². The van der Waals surface area contributed by atoms with E-state index in [1.54, 1.807) is 30.3 Å². The van der Waals surface area contributed by atoms with E-state index in [1.807, 2.05) is 37.3 Å². The third kappa shape index (κ3) is 3.99. The van der Waals surface area contributed by atoms with E-state index in [0.717, 1.165) is 11.1 Å². The number of hydrogen-bond donors (Lipinski definition) is 0. The average Bonchev–Trinajstić information content (AvgIpc) is 2.59. The summed E-state index contributed by atoms with van der Waals surface area (Å²) in [7, 11) is -3.80. The third-order valence-electron chi connectivity index (χ3n) is 3.80. The Morgan fingerprint density at radius 1 is 1.08 bits per heavy atom. The standard InChI is InChI=1S/C19H21NO3S/c1-3-7-19(17-8-5-4-6-9-17)20(14-15-21)24(22,23)18-12-10-16(2)11-13-18/h3-6,8-13,15,19H,1,7,14H2,2H3. The second-order valence-electron chi connectivity index (χ2n) is 5.51. The summed E-state index contributed by atoms with van der Waals surface area (Å²) in [6.07, 6.45) is 2.70. The van der Waals surface area contributed by atoms with Crippen molar-refractivity contribution in [3.8, 4) is 0 Å². The Morgan fingerprint density at radius 2 is 1.71 bits per heavy atom. The number of hydrogen-bond acceptors (Lipinski definition) is 3. The molecule has 0 heterocycles. The fourth-order valence-electron chi connectivity index (χ4n) is 2.56. The highest BCUT2D eigenvalue weighted by Gasteiger charge is 2.31. The monoisotopic (exact) mass is 343 g/mol. The summed E-state index contributed by atoms with van der Waals surface area (Å²) >= 11 is 0. The molecule has 0 spiro atoms. The van der Waals surface area contributed by atoms with Gasteiger partial charge in [-0.1, -0.05) is 54.1 Å². The third-order valence-corrected chi connectivity index (χ3v) is 5.69. The maximum absolute atomic E-state index is 13.1. The molecule has 5 heteroatoms. The zero-order chi connectivity index (χ0) is 17.6. The smallest absolute Gasteiger partial charge is 0.244 e. The number of carbonyl (C=O) groups excluding carboxylic acids is 1. The van der Waals surface area contributed by atoms with Crippen LogP contribution < -0.4 is 0 Å². The van der Waals surface area contributed by atoms with E-state index in [0.29, 0.717) is 12.7 Å². The molecule has 24 heavy (non-hydrogen) atoms. The van der Waals surface area contributed by atoms with Crippen LogP contribution in [0.1, 0.15) is 23.6 Å². The minimum Gasteiger partial charge on any atom is -0.302 e. The van der Waals surface area contributed by atoms with Crippen molar-refractivity contribution in [1.29, 1.82) is 0 Å². The maximum atomic E-state index is 13.1. The first-order valence-corrected chi connectivity index (χ1v) is 9.12. The van der Waals surface area contributed by atoms with Gasteiger partial charge in [0.1, 0.15) is 6.29 Å². The minimum absolute atomic E-state index is 0.181. The number of rotatable bonds is 8. The molecule has 0 saturated carbocycles. The van der Waals surface area contributed by atoms with Crippen molar-refractivity contribution >= 4 is 16.3 Å². The molecular weight excluding hydrogens is 322 g/mol. The van der Waals surface area contributed by atoms with Crippen LogP contribution in [0.5, 0.6) is 0 Å². The number of sulfonamides is 1. The number of benzene rings is 2. The first-order chi connectivity index (χ1) is 11.5. The number of carbonyl (C=O) groups is 1. The van der Waals surface area contributed by atoms with Crippen LogP contribution in [0.4, 0.5) is 0 Å². The summed E-state index contributed by atoms with van der Waals surface area (Å²) < 4.78 is 27.3. The highest BCUT2D eigenvalue weighted by atomic mass is 32.2. The van der Waals surface area contributed by atoms with E-state index in [1.165, 1.54) is 4.31 Å². The second-order valence-corrected chi connectivity index (χ2v) is 7.40. The largest absolute Gasteiger partial charge is 0.302 e. The van der Waals surface area contributed by atoms with Crippen LogP contribution in [0.15, 0.2) is 72.1 Å². The molecule has 0 aliphatic heterocycles. The van der Waals surface area contributed by atoms with Crippen molar-refractivity contribution in [3.63, 3.8) is 0 Å². The van der Waals surface area contributed by atoms with Crippen LogP contribution >= 0.6 is 0 Å². The Labute approximate surface area is 143 Å². The molecule has 0 N–H and O–H groups in total. The lowest BCUT2D eigenvalue weighted by molar-refractivity contribution is -0.108. The van der Waals surface area contributed by atoms with Gasteiger partial charge in [-0.05, 0) is 31.0 Å². The van der Waals surface area contributed by atoms with Crippen LogP contribution in [-0.4, -0.2) is 25.6 Å². The summed E-state index contributed by atoms with van der Waals surface area (Å²) in [6, 6.07) is 15.4. The first kappa shape index (κ1) is 18.1. The molecule has 2 rings (SSSR count). The fraction of sp³-hybridized carbons (Fsp3) is 0.211. The Balaban J connectivity index is 2.50. The molecule has 0 bridgehead atoms. The molecule has 4 nitrogen and oxygen atoms in total. The van der Waals surface area contributed by atoms with Gasteiger partial charge in [0.25, 0.3) is 0 Å². The molecule has 0 amide bonds. The van der Waals surface area contributed by atoms with E-state index >= 15 is 0 Å². The summed E-state index contributed by atoms with van der Waals surface area (Å²) in [5, 5.41) is 0. The van der Waals surface area contributed by atoms with Crippen molar-refractivity contribution in [1.82, 2.24) is 4.31 Å². The highest BCUT2D eigenvalue weighted by molar-refractivity contribution is 7.89. The number of aryl methyl sites for hydroxylation is 1. The maximum Gasteiger partial charge on any atom is 0.244 e. The average molecular weight is 343 g/mol. The number of nitrogens with zero attached hydrogens (tertiary/aromatic N) is 1. The molecule has 2 aromatic rings. The van der Waals surface area contributed by atoms with Gasteiger partial charge in [0.05, 0.1) is 17.5 Å². The van der Waals surface area contributed by atoms with Crippen molar-refractivity contribution in [3.05, 3.63) is 78.4 Å². The van der Waals surface area contributed by atoms with E-state index in [9.17, 15) is 13.2 Å². The Hall–Kier alpha value is -2.24. The summed E-state index contributed by atoms with van der Waals surface area (Å²) in [4.78, 5) is 11.3. The van der Waals surface area contributed by atoms with Gasteiger partial charge >= 0.3 is 0 Å². The van der Waals surface area contributed by atoms with E-state index in [4.69, 9.17) is 0 Å². The molecule has 0 aliphatic rings. The first-order valence-electron chi connectivity index (χ1n) is 7.68. The SMILES string of the molecule is C=CCC(c1ccccc1)N(CC=O)S(=O)(=O)c1ccc(C)cc1.